The lowest BCUT2D eigenvalue weighted by Crippen LogP contribution is -2.13. The van der Waals surface area contributed by atoms with Gasteiger partial charge >= 0.3 is 0 Å². The van der Waals surface area contributed by atoms with Gasteiger partial charge in [0.25, 0.3) is 0 Å². The van der Waals surface area contributed by atoms with Gasteiger partial charge in [-0.05, 0) is 47.1 Å². The Morgan fingerprint density at radius 3 is 0.923 bits per heavy atom. The van der Waals surface area contributed by atoms with E-state index in [1.165, 1.54) is 0 Å². The molecule has 0 saturated heterocycles. The molecule has 4 aromatic carbocycles. The Hall–Kier alpha value is -4.11. The predicted molar refractivity (Wildman–Crippen MR) is 158 cm³/mol. The largest absolute Gasteiger partial charge is 0.289 e. The van der Waals surface area contributed by atoms with Crippen molar-refractivity contribution in [3.63, 3.8) is 0 Å². The second-order valence-corrected chi connectivity index (χ2v) is 12.3. The van der Waals surface area contributed by atoms with Crippen LogP contribution in [0.15, 0.2) is 91.0 Å². The van der Waals surface area contributed by atoms with Crippen LogP contribution in [0.4, 0.5) is 0 Å². The van der Waals surface area contributed by atoms with Crippen molar-refractivity contribution in [1.29, 1.82) is 0 Å². The number of carbonyl (C=O) groups excluding carboxylic acids is 3. The first-order valence-electron chi connectivity index (χ1n) is 13.3. The maximum absolute atomic E-state index is 13.6. The second-order valence-electron chi connectivity index (χ2n) is 12.3. The fourth-order valence-corrected chi connectivity index (χ4v) is 4.47. The van der Waals surface area contributed by atoms with Crippen molar-refractivity contribution < 1.29 is 14.4 Å². The third kappa shape index (κ3) is 6.31. The van der Waals surface area contributed by atoms with Gasteiger partial charge in [0, 0.05) is 33.4 Å². The van der Waals surface area contributed by atoms with Gasteiger partial charge in [-0.25, -0.2) is 0 Å². The molecule has 0 spiro atoms. The molecule has 0 N–H and O–H groups in total. The number of ketones is 3. The molecule has 0 unspecified atom stereocenters. The Balaban J connectivity index is 1.78. The van der Waals surface area contributed by atoms with E-state index in [0.29, 0.717) is 33.4 Å². The van der Waals surface area contributed by atoms with Crippen molar-refractivity contribution in [2.45, 2.75) is 59.3 Å². The third-order valence-corrected chi connectivity index (χ3v) is 7.06. The molecule has 0 saturated carbocycles. The molecule has 3 heteroatoms. The molecule has 0 aliphatic rings. The minimum atomic E-state index is -0.232. The molecule has 0 amide bonds. The van der Waals surface area contributed by atoms with Crippen molar-refractivity contribution in [1.82, 2.24) is 0 Å². The summed E-state index contributed by atoms with van der Waals surface area (Å²) >= 11 is 0. The van der Waals surface area contributed by atoms with Crippen molar-refractivity contribution >= 4 is 17.3 Å². The van der Waals surface area contributed by atoms with Crippen LogP contribution in [0, 0.1) is 6.92 Å². The minimum absolute atomic E-state index is 0.0376. The van der Waals surface area contributed by atoms with Gasteiger partial charge in [0.1, 0.15) is 0 Å². The Labute approximate surface area is 231 Å². The number of rotatable bonds is 6. The fraction of sp³-hybridized carbons (Fsp3) is 0.250. The smallest absolute Gasteiger partial charge is 0.193 e. The molecular weight excluding hydrogens is 480 g/mol. The summed E-state index contributed by atoms with van der Waals surface area (Å²) in [7, 11) is 0. The zero-order chi connectivity index (χ0) is 28.5. The highest BCUT2D eigenvalue weighted by atomic mass is 16.1. The van der Waals surface area contributed by atoms with Gasteiger partial charge < -0.3 is 0 Å². The summed E-state index contributed by atoms with van der Waals surface area (Å²) < 4.78 is 0. The summed E-state index contributed by atoms with van der Waals surface area (Å²) in [6.07, 6.45) is 0. The van der Waals surface area contributed by atoms with Gasteiger partial charge in [0.05, 0.1) is 0 Å². The number of aryl methyl sites for hydroxylation is 1. The highest BCUT2D eigenvalue weighted by molar-refractivity contribution is 6.17. The predicted octanol–water partition coefficient (Wildman–Crippen LogP) is 8.28. The van der Waals surface area contributed by atoms with Gasteiger partial charge in [0.15, 0.2) is 17.3 Å². The lowest BCUT2D eigenvalue weighted by atomic mass is 9.85. The van der Waals surface area contributed by atoms with E-state index in [4.69, 9.17) is 0 Å². The number of benzene rings is 4. The SMILES string of the molecule is Cc1ccc(C(=O)c2cc(C(=O)c3ccc(C(C)(C)C)cc3)cc(C(=O)c3ccc(C(C)(C)C)cc3)c2)cc1. The number of carbonyl (C=O) groups is 3. The van der Waals surface area contributed by atoms with Crippen molar-refractivity contribution in [2.75, 3.05) is 0 Å². The molecule has 0 bridgehead atoms. The molecule has 0 heterocycles. The Kier molecular flexibility index (Phi) is 7.57. The molecule has 0 aromatic heterocycles. The van der Waals surface area contributed by atoms with E-state index in [2.05, 4.69) is 41.5 Å². The zero-order valence-corrected chi connectivity index (χ0v) is 23.9. The Morgan fingerprint density at radius 2 is 0.667 bits per heavy atom. The first-order valence-corrected chi connectivity index (χ1v) is 13.3. The summed E-state index contributed by atoms with van der Waals surface area (Å²) in [6, 6.07) is 27.2. The van der Waals surface area contributed by atoms with Crippen LogP contribution >= 0.6 is 0 Å². The quantitative estimate of drug-likeness (QED) is 0.242. The van der Waals surface area contributed by atoms with Gasteiger partial charge in [-0.3, -0.25) is 14.4 Å². The van der Waals surface area contributed by atoms with Crippen LogP contribution in [-0.4, -0.2) is 17.3 Å². The normalized spacial score (nSPS) is 11.8. The van der Waals surface area contributed by atoms with Crippen molar-refractivity contribution in [3.05, 3.63) is 141 Å². The summed E-state index contributed by atoms with van der Waals surface area (Å²) in [5, 5.41) is 0. The highest BCUT2D eigenvalue weighted by Crippen LogP contribution is 2.26. The fourth-order valence-electron chi connectivity index (χ4n) is 4.47. The number of hydrogen-bond donors (Lipinski definition) is 0. The zero-order valence-electron chi connectivity index (χ0n) is 23.9. The molecule has 4 rings (SSSR count). The van der Waals surface area contributed by atoms with Crippen LogP contribution < -0.4 is 0 Å². The third-order valence-electron chi connectivity index (χ3n) is 7.06. The standard InChI is InChI=1S/C36H36O3/c1-23-8-10-24(11-9-23)32(37)27-20-28(33(38)25-12-16-30(17-13-25)35(2,3)4)22-29(21-27)34(39)26-14-18-31(19-15-26)36(5,6)7/h8-22H,1-7H3. The Bertz CT molecular complexity index is 1440. The number of hydrogen-bond acceptors (Lipinski definition) is 3. The van der Waals surface area contributed by atoms with E-state index >= 15 is 0 Å². The molecule has 198 valence electrons. The minimum Gasteiger partial charge on any atom is -0.289 e. The van der Waals surface area contributed by atoms with Gasteiger partial charge in [-0.15, -0.1) is 0 Å². The van der Waals surface area contributed by atoms with E-state index in [1.54, 1.807) is 30.3 Å². The first-order chi connectivity index (χ1) is 18.2. The maximum atomic E-state index is 13.6. The van der Waals surface area contributed by atoms with Crippen LogP contribution in [0.2, 0.25) is 0 Å². The van der Waals surface area contributed by atoms with Crippen LogP contribution in [0.3, 0.4) is 0 Å². The van der Waals surface area contributed by atoms with Crippen LogP contribution in [0.1, 0.15) is 106 Å². The monoisotopic (exact) mass is 516 g/mol. The van der Waals surface area contributed by atoms with Gasteiger partial charge in [-0.2, -0.15) is 0 Å². The van der Waals surface area contributed by atoms with Gasteiger partial charge in [0.2, 0.25) is 0 Å². The summed E-state index contributed by atoms with van der Waals surface area (Å²) in [4.78, 5) is 40.7. The molecule has 39 heavy (non-hydrogen) atoms. The van der Waals surface area contributed by atoms with Gasteiger partial charge in [-0.1, -0.05) is 120 Å². The van der Waals surface area contributed by atoms with E-state index in [-0.39, 0.29) is 28.2 Å². The molecule has 0 radical (unpaired) electrons. The van der Waals surface area contributed by atoms with Crippen LogP contribution in [0.25, 0.3) is 0 Å². The second kappa shape index (κ2) is 10.6. The highest BCUT2D eigenvalue weighted by Gasteiger charge is 2.21. The van der Waals surface area contributed by atoms with Crippen molar-refractivity contribution in [3.8, 4) is 0 Å². The van der Waals surface area contributed by atoms with Crippen LogP contribution in [0.5, 0.6) is 0 Å². The summed E-state index contributed by atoms with van der Waals surface area (Å²) in [5.74, 6) is -0.692. The topological polar surface area (TPSA) is 51.2 Å². The molecule has 0 aliphatic heterocycles. The van der Waals surface area contributed by atoms with Crippen molar-refractivity contribution in [2.24, 2.45) is 0 Å². The molecular formula is C36H36O3. The molecule has 0 aliphatic carbocycles. The molecule has 3 nitrogen and oxygen atoms in total. The summed E-state index contributed by atoms with van der Waals surface area (Å²) in [5.41, 5.74) is 5.67. The molecule has 0 atom stereocenters. The average molecular weight is 517 g/mol. The molecule has 0 fully saturated rings. The van der Waals surface area contributed by atoms with E-state index in [1.807, 2.05) is 67.6 Å². The van der Waals surface area contributed by atoms with Crippen LogP contribution in [-0.2, 0) is 10.8 Å². The van der Waals surface area contributed by atoms with E-state index in [0.717, 1.165) is 16.7 Å². The van der Waals surface area contributed by atoms with E-state index < -0.39 is 0 Å². The first kappa shape index (κ1) is 27.9. The lowest BCUT2D eigenvalue weighted by molar-refractivity contribution is 0.103. The maximum Gasteiger partial charge on any atom is 0.193 e. The Morgan fingerprint density at radius 1 is 0.410 bits per heavy atom. The average Bonchev–Trinajstić information content (AvgIpc) is 2.91. The lowest BCUT2D eigenvalue weighted by Gasteiger charge is -2.19. The summed E-state index contributed by atoms with van der Waals surface area (Å²) in [6.45, 7) is 14.7. The van der Waals surface area contributed by atoms with E-state index in [9.17, 15) is 14.4 Å². The molecule has 4 aromatic rings.